The summed E-state index contributed by atoms with van der Waals surface area (Å²) in [6, 6.07) is 101. The van der Waals surface area contributed by atoms with Crippen LogP contribution in [0.4, 0.5) is 34.1 Å². The highest BCUT2D eigenvalue weighted by molar-refractivity contribution is 6.25. The van der Waals surface area contributed by atoms with Crippen LogP contribution in [0.2, 0.25) is 0 Å². The molecule has 0 N–H and O–H groups in total. The summed E-state index contributed by atoms with van der Waals surface area (Å²) in [5.41, 5.74) is 22.6. The predicted molar refractivity (Wildman–Crippen MR) is 318 cm³/mol. The molecule has 2 aromatic heterocycles. The molecule has 4 heteroatoms. The van der Waals surface area contributed by atoms with Crippen LogP contribution in [0, 0.1) is 0 Å². The van der Waals surface area contributed by atoms with Crippen LogP contribution in [0.15, 0.2) is 288 Å². The zero-order valence-corrected chi connectivity index (χ0v) is 41.8. The second-order valence-corrected chi connectivity index (χ2v) is 20.3. The monoisotopic (exact) mass is 982 g/mol. The molecule has 77 heavy (non-hydrogen) atoms. The number of fused-ring (bicyclic) bond motifs is 18. The summed E-state index contributed by atoms with van der Waals surface area (Å²) in [6.07, 6.45) is 0. The minimum atomic E-state index is -0.819. The van der Waals surface area contributed by atoms with Crippen LogP contribution < -0.4 is 9.80 Å². The van der Waals surface area contributed by atoms with Crippen molar-refractivity contribution in [3.8, 4) is 44.5 Å². The lowest BCUT2D eigenvalue weighted by Crippen LogP contribution is -2.26. The molecule has 0 unspecified atom stereocenters. The lowest BCUT2D eigenvalue weighted by molar-refractivity contribution is 0.665. The Kier molecular flexibility index (Phi) is 9.52. The Morgan fingerprint density at radius 3 is 1.01 bits per heavy atom. The average Bonchev–Trinajstić information content (AvgIpc) is 3.08. The van der Waals surface area contributed by atoms with Crippen LogP contribution in [0.1, 0.15) is 22.3 Å². The van der Waals surface area contributed by atoms with E-state index in [9.17, 15) is 0 Å². The summed E-state index contributed by atoms with van der Waals surface area (Å²) >= 11 is 0. The molecule has 2 aliphatic rings. The van der Waals surface area contributed by atoms with Crippen LogP contribution in [-0.2, 0) is 5.41 Å². The largest absolute Gasteiger partial charge is 0.455 e. The Labute approximate surface area is 445 Å². The standard InChI is InChI=1S/C73H46N2O2/c1-5-21-47(22-6-1)49-37-41-53(42-38-49)74(51-25-9-3-10-26-51)63-45-61-69(71-67(63)57-31-15-19-35-65(57)76-71)70-62(73(61)59-33-17-13-29-55(59)56-30-14-18-34-60(56)73)46-64(68-58-32-16-20-36-66(58)77-72(68)70)75(52-27-11-4-12-28-52)54-43-39-50(40-44-54)48-23-7-2-8-24-48/h1-46H. The third-order valence-electron chi connectivity index (χ3n) is 16.2. The minimum absolute atomic E-state index is 0.819. The van der Waals surface area contributed by atoms with Crippen molar-refractivity contribution in [2.75, 3.05) is 9.80 Å². The lowest BCUT2D eigenvalue weighted by Gasteiger charge is -2.33. The fourth-order valence-corrected chi connectivity index (χ4v) is 13.0. The van der Waals surface area contributed by atoms with Gasteiger partial charge in [0.25, 0.3) is 0 Å². The zero-order chi connectivity index (χ0) is 50.6. The molecule has 0 radical (unpaired) electrons. The number of para-hydroxylation sites is 4. The van der Waals surface area contributed by atoms with Gasteiger partial charge < -0.3 is 18.6 Å². The predicted octanol–water partition coefficient (Wildman–Crippen LogP) is 20.1. The van der Waals surface area contributed by atoms with Gasteiger partial charge in [0.1, 0.15) is 22.3 Å². The van der Waals surface area contributed by atoms with E-state index < -0.39 is 5.41 Å². The molecule has 0 saturated carbocycles. The first-order valence-corrected chi connectivity index (χ1v) is 26.4. The van der Waals surface area contributed by atoms with E-state index in [1.165, 1.54) is 33.4 Å². The molecule has 12 aromatic carbocycles. The van der Waals surface area contributed by atoms with E-state index >= 15 is 0 Å². The number of benzene rings is 12. The summed E-state index contributed by atoms with van der Waals surface area (Å²) in [5.74, 6) is 0. The topological polar surface area (TPSA) is 32.8 Å². The average molecular weight is 983 g/mol. The first-order valence-electron chi connectivity index (χ1n) is 26.4. The Morgan fingerprint density at radius 1 is 0.273 bits per heavy atom. The molecule has 360 valence electrons. The normalized spacial score (nSPS) is 12.8. The van der Waals surface area contributed by atoms with E-state index in [1.54, 1.807) is 0 Å². The number of anilines is 6. The van der Waals surface area contributed by atoms with Crippen LogP contribution >= 0.6 is 0 Å². The maximum Gasteiger partial charge on any atom is 0.145 e. The van der Waals surface area contributed by atoms with E-state index in [2.05, 4.69) is 289 Å². The van der Waals surface area contributed by atoms with Gasteiger partial charge in [-0.2, -0.15) is 0 Å². The van der Waals surface area contributed by atoms with E-state index in [0.717, 1.165) is 111 Å². The quantitative estimate of drug-likeness (QED) is 0.152. The summed E-state index contributed by atoms with van der Waals surface area (Å²) < 4.78 is 15.0. The van der Waals surface area contributed by atoms with Crippen molar-refractivity contribution in [1.29, 1.82) is 0 Å². The summed E-state index contributed by atoms with van der Waals surface area (Å²) in [6.45, 7) is 0. The van der Waals surface area contributed by atoms with Gasteiger partial charge in [-0.3, -0.25) is 0 Å². The third-order valence-corrected chi connectivity index (χ3v) is 16.2. The highest BCUT2D eigenvalue weighted by Gasteiger charge is 2.55. The number of rotatable bonds is 8. The zero-order valence-electron chi connectivity index (χ0n) is 41.8. The molecule has 0 aliphatic heterocycles. The molecule has 0 bridgehead atoms. The van der Waals surface area contributed by atoms with E-state index in [4.69, 9.17) is 8.83 Å². The van der Waals surface area contributed by atoms with Crippen LogP contribution in [0.25, 0.3) is 88.4 Å². The Bertz CT molecular complexity index is 4300. The molecule has 2 heterocycles. The highest BCUT2D eigenvalue weighted by Crippen LogP contribution is 2.68. The second kappa shape index (κ2) is 16.9. The first kappa shape index (κ1) is 43.3. The van der Waals surface area contributed by atoms with Crippen molar-refractivity contribution in [1.82, 2.24) is 0 Å². The Morgan fingerprint density at radius 2 is 0.597 bits per heavy atom. The highest BCUT2D eigenvalue weighted by atomic mass is 16.3. The van der Waals surface area contributed by atoms with Gasteiger partial charge in [-0.05, 0) is 128 Å². The van der Waals surface area contributed by atoms with Crippen molar-refractivity contribution in [2.45, 2.75) is 5.41 Å². The van der Waals surface area contributed by atoms with Gasteiger partial charge >= 0.3 is 0 Å². The van der Waals surface area contributed by atoms with Gasteiger partial charge in [0.05, 0.1) is 27.6 Å². The second-order valence-electron chi connectivity index (χ2n) is 20.3. The van der Waals surface area contributed by atoms with E-state index in [-0.39, 0.29) is 0 Å². The van der Waals surface area contributed by atoms with Crippen molar-refractivity contribution < 1.29 is 8.83 Å². The molecule has 1 spiro atoms. The molecule has 4 nitrogen and oxygen atoms in total. The van der Waals surface area contributed by atoms with Crippen LogP contribution in [0.3, 0.4) is 0 Å². The summed E-state index contributed by atoms with van der Waals surface area (Å²) in [4.78, 5) is 4.86. The number of nitrogens with zero attached hydrogens (tertiary/aromatic N) is 2. The molecule has 2 aliphatic carbocycles. The lowest BCUT2D eigenvalue weighted by atomic mass is 9.70. The SMILES string of the molecule is c1ccc(-c2ccc(N(c3ccccc3)c3cc4c(c5oc6ccccc6c35)-c3c(cc(N(c5ccccc5)c5ccc(-c6ccccc6)cc5)c5c3oc3ccccc35)C43c4ccccc4-c4ccccc43)cc2)cc1. The van der Waals surface area contributed by atoms with Gasteiger partial charge in [0, 0.05) is 44.6 Å². The summed E-state index contributed by atoms with van der Waals surface area (Å²) in [7, 11) is 0. The molecule has 14 aromatic rings. The molecule has 0 amide bonds. The fraction of sp³-hybridized carbons (Fsp3) is 0.0137. The summed E-state index contributed by atoms with van der Waals surface area (Å²) in [5, 5.41) is 4.17. The Hall–Kier alpha value is -10.2. The third kappa shape index (κ3) is 6.33. The van der Waals surface area contributed by atoms with Crippen LogP contribution in [0.5, 0.6) is 0 Å². The number of hydrogen-bond donors (Lipinski definition) is 0. The van der Waals surface area contributed by atoms with Crippen LogP contribution in [-0.4, -0.2) is 0 Å². The van der Waals surface area contributed by atoms with Crippen molar-refractivity contribution in [3.63, 3.8) is 0 Å². The van der Waals surface area contributed by atoms with E-state index in [1.807, 2.05) is 0 Å². The van der Waals surface area contributed by atoms with Crippen molar-refractivity contribution in [2.24, 2.45) is 0 Å². The number of furan rings is 2. The van der Waals surface area contributed by atoms with Gasteiger partial charge in [0.2, 0.25) is 0 Å². The molecular formula is C73H46N2O2. The first-order chi connectivity index (χ1) is 38.2. The molecule has 0 saturated heterocycles. The van der Waals surface area contributed by atoms with Crippen molar-refractivity contribution in [3.05, 3.63) is 301 Å². The maximum atomic E-state index is 7.48. The maximum absolute atomic E-state index is 7.48. The molecule has 0 atom stereocenters. The van der Waals surface area contributed by atoms with Gasteiger partial charge in [-0.1, -0.05) is 206 Å². The van der Waals surface area contributed by atoms with Crippen molar-refractivity contribution >= 4 is 78.0 Å². The van der Waals surface area contributed by atoms with E-state index in [0.29, 0.717) is 0 Å². The number of hydrogen-bond acceptors (Lipinski definition) is 4. The Balaban J connectivity index is 1.06. The van der Waals surface area contributed by atoms with Gasteiger partial charge in [0.15, 0.2) is 0 Å². The minimum Gasteiger partial charge on any atom is -0.455 e. The molecular weight excluding hydrogens is 937 g/mol. The van der Waals surface area contributed by atoms with Gasteiger partial charge in [-0.15, -0.1) is 0 Å². The fourth-order valence-electron chi connectivity index (χ4n) is 13.0. The molecule has 0 fully saturated rings. The molecule has 16 rings (SSSR count). The van der Waals surface area contributed by atoms with Gasteiger partial charge in [-0.25, -0.2) is 0 Å². The smallest absolute Gasteiger partial charge is 0.145 e.